The zero-order valence-corrected chi connectivity index (χ0v) is 8.64. The van der Waals surface area contributed by atoms with Gasteiger partial charge in [0.1, 0.15) is 5.82 Å². The van der Waals surface area contributed by atoms with Crippen LogP contribution in [0.15, 0.2) is 30.3 Å². The molecule has 0 aliphatic heterocycles. The molecule has 0 radical (unpaired) electrons. The van der Waals surface area contributed by atoms with Gasteiger partial charge in [-0.05, 0) is 5.56 Å². The smallest absolute Gasteiger partial charge is 0.171 e. The van der Waals surface area contributed by atoms with Crippen LogP contribution in [0.1, 0.15) is 30.2 Å². The number of aromatic nitrogens is 3. The molecule has 15 heavy (non-hydrogen) atoms. The summed E-state index contributed by atoms with van der Waals surface area (Å²) in [6.07, 6.45) is 0.842. The summed E-state index contributed by atoms with van der Waals surface area (Å²) in [6.45, 7) is 2.03. The molecule has 1 heterocycles. The average Bonchev–Trinajstić information content (AvgIpc) is 2.78. The molecule has 0 bridgehead atoms. The molecular formula is C11H14N4. The van der Waals surface area contributed by atoms with E-state index in [1.165, 1.54) is 0 Å². The highest BCUT2D eigenvalue weighted by atomic mass is 15.2. The van der Waals surface area contributed by atoms with E-state index in [0.717, 1.165) is 17.8 Å². The van der Waals surface area contributed by atoms with Crippen molar-refractivity contribution in [3.8, 4) is 0 Å². The third-order valence-corrected chi connectivity index (χ3v) is 2.32. The largest absolute Gasteiger partial charge is 0.318 e. The summed E-state index contributed by atoms with van der Waals surface area (Å²) in [4.78, 5) is 4.31. The van der Waals surface area contributed by atoms with Crippen molar-refractivity contribution >= 4 is 0 Å². The zero-order valence-electron chi connectivity index (χ0n) is 8.64. The normalized spacial score (nSPS) is 12.7. The van der Waals surface area contributed by atoms with E-state index >= 15 is 0 Å². The van der Waals surface area contributed by atoms with Crippen LogP contribution < -0.4 is 5.73 Å². The van der Waals surface area contributed by atoms with Crippen molar-refractivity contribution in [2.75, 3.05) is 0 Å². The zero-order chi connectivity index (χ0) is 10.7. The molecule has 0 saturated carbocycles. The van der Waals surface area contributed by atoms with Crippen molar-refractivity contribution in [2.45, 2.75) is 19.4 Å². The molecule has 0 amide bonds. The summed E-state index contributed by atoms with van der Waals surface area (Å²) in [5, 5.41) is 6.97. The number of aromatic amines is 1. The third kappa shape index (κ3) is 2.05. The number of nitrogens with zero attached hydrogens (tertiary/aromatic N) is 2. The molecule has 0 aliphatic carbocycles. The van der Waals surface area contributed by atoms with E-state index in [2.05, 4.69) is 15.2 Å². The first-order valence-electron chi connectivity index (χ1n) is 5.03. The van der Waals surface area contributed by atoms with E-state index < -0.39 is 0 Å². The highest BCUT2D eigenvalue weighted by molar-refractivity contribution is 5.23. The van der Waals surface area contributed by atoms with Gasteiger partial charge in [-0.2, -0.15) is 5.10 Å². The highest BCUT2D eigenvalue weighted by Gasteiger charge is 2.13. The molecule has 0 spiro atoms. The van der Waals surface area contributed by atoms with Gasteiger partial charge < -0.3 is 5.73 Å². The number of rotatable bonds is 3. The van der Waals surface area contributed by atoms with E-state index in [0.29, 0.717) is 5.82 Å². The third-order valence-electron chi connectivity index (χ3n) is 2.32. The van der Waals surface area contributed by atoms with Gasteiger partial charge in [-0.25, -0.2) is 4.98 Å². The maximum absolute atomic E-state index is 6.04. The van der Waals surface area contributed by atoms with Crippen LogP contribution in [0.2, 0.25) is 0 Å². The van der Waals surface area contributed by atoms with Gasteiger partial charge in [-0.1, -0.05) is 37.3 Å². The molecule has 0 fully saturated rings. The summed E-state index contributed by atoms with van der Waals surface area (Å²) in [5.41, 5.74) is 7.07. The Labute approximate surface area is 88.5 Å². The molecular weight excluding hydrogens is 188 g/mol. The Morgan fingerprint density at radius 3 is 2.67 bits per heavy atom. The number of aryl methyl sites for hydroxylation is 1. The Morgan fingerprint density at radius 2 is 2.07 bits per heavy atom. The molecule has 2 rings (SSSR count). The van der Waals surface area contributed by atoms with Crippen molar-refractivity contribution in [1.29, 1.82) is 0 Å². The Kier molecular flexibility index (Phi) is 2.78. The van der Waals surface area contributed by atoms with Gasteiger partial charge in [0.25, 0.3) is 0 Å². The quantitative estimate of drug-likeness (QED) is 0.790. The minimum Gasteiger partial charge on any atom is -0.318 e. The number of nitrogens with one attached hydrogen (secondary N) is 1. The van der Waals surface area contributed by atoms with Crippen LogP contribution in [0.4, 0.5) is 0 Å². The lowest BCUT2D eigenvalue weighted by Gasteiger charge is -2.06. The number of hydrogen-bond donors (Lipinski definition) is 2. The van der Waals surface area contributed by atoms with Gasteiger partial charge in [0.15, 0.2) is 5.82 Å². The molecule has 0 saturated heterocycles. The lowest BCUT2D eigenvalue weighted by atomic mass is 10.1. The maximum Gasteiger partial charge on any atom is 0.171 e. The van der Waals surface area contributed by atoms with E-state index in [4.69, 9.17) is 5.73 Å². The number of benzene rings is 1. The van der Waals surface area contributed by atoms with Crippen LogP contribution in [0.25, 0.3) is 0 Å². The highest BCUT2D eigenvalue weighted by Crippen LogP contribution is 2.15. The molecule has 3 N–H and O–H groups in total. The first-order chi connectivity index (χ1) is 7.31. The van der Waals surface area contributed by atoms with Gasteiger partial charge in [-0.3, -0.25) is 5.10 Å². The van der Waals surface area contributed by atoms with Crippen molar-refractivity contribution in [3.63, 3.8) is 0 Å². The minimum atomic E-state index is -0.247. The fraction of sp³-hybridized carbons (Fsp3) is 0.273. The maximum atomic E-state index is 6.04. The summed E-state index contributed by atoms with van der Waals surface area (Å²) in [5.74, 6) is 1.52. The van der Waals surface area contributed by atoms with Gasteiger partial charge in [0.05, 0.1) is 6.04 Å². The van der Waals surface area contributed by atoms with Crippen molar-refractivity contribution in [2.24, 2.45) is 5.73 Å². The standard InChI is InChI=1S/C11H14N4/c1-2-9-13-11(15-14-9)10(12)8-6-4-3-5-7-8/h3-7,10H,2,12H2,1H3,(H,13,14,15)/t10-/m1/s1. The fourth-order valence-electron chi connectivity index (χ4n) is 1.42. The Balaban J connectivity index is 2.24. The van der Waals surface area contributed by atoms with Crippen LogP contribution >= 0.6 is 0 Å². The molecule has 4 nitrogen and oxygen atoms in total. The SMILES string of the molecule is CCc1nc([C@H](N)c2ccccc2)n[nH]1. The molecule has 1 aromatic heterocycles. The second-order valence-electron chi connectivity index (χ2n) is 3.38. The number of H-pyrrole nitrogens is 1. The van der Waals surface area contributed by atoms with Crippen LogP contribution in [0.5, 0.6) is 0 Å². The Morgan fingerprint density at radius 1 is 1.33 bits per heavy atom. The van der Waals surface area contributed by atoms with Crippen LogP contribution in [0.3, 0.4) is 0 Å². The van der Waals surface area contributed by atoms with E-state index in [9.17, 15) is 0 Å². The van der Waals surface area contributed by atoms with Gasteiger partial charge in [0.2, 0.25) is 0 Å². The van der Waals surface area contributed by atoms with Crippen molar-refractivity contribution in [1.82, 2.24) is 15.2 Å². The first-order valence-corrected chi connectivity index (χ1v) is 5.03. The lowest BCUT2D eigenvalue weighted by Crippen LogP contribution is -2.13. The van der Waals surface area contributed by atoms with Crippen LogP contribution in [-0.4, -0.2) is 15.2 Å². The van der Waals surface area contributed by atoms with E-state index in [-0.39, 0.29) is 6.04 Å². The van der Waals surface area contributed by atoms with E-state index in [1.54, 1.807) is 0 Å². The fourth-order valence-corrected chi connectivity index (χ4v) is 1.42. The summed E-state index contributed by atoms with van der Waals surface area (Å²) in [7, 11) is 0. The number of hydrogen-bond acceptors (Lipinski definition) is 3. The molecule has 0 aliphatic rings. The summed E-state index contributed by atoms with van der Waals surface area (Å²) < 4.78 is 0. The predicted molar refractivity (Wildman–Crippen MR) is 58.2 cm³/mol. The predicted octanol–water partition coefficient (Wildman–Crippen LogP) is 1.42. The van der Waals surface area contributed by atoms with E-state index in [1.807, 2.05) is 37.3 Å². The van der Waals surface area contributed by atoms with Gasteiger partial charge >= 0.3 is 0 Å². The average molecular weight is 202 g/mol. The molecule has 4 heteroatoms. The lowest BCUT2D eigenvalue weighted by molar-refractivity contribution is 0.787. The van der Waals surface area contributed by atoms with Crippen LogP contribution in [-0.2, 0) is 6.42 Å². The summed E-state index contributed by atoms with van der Waals surface area (Å²) >= 11 is 0. The minimum absolute atomic E-state index is 0.247. The Bertz CT molecular complexity index is 421. The monoisotopic (exact) mass is 202 g/mol. The second kappa shape index (κ2) is 4.23. The van der Waals surface area contributed by atoms with Gasteiger partial charge in [0, 0.05) is 6.42 Å². The second-order valence-corrected chi connectivity index (χ2v) is 3.38. The topological polar surface area (TPSA) is 67.6 Å². The Hall–Kier alpha value is -1.68. The molecule has 1 aromatic carbocycles. The number of nitrogens with two attached hydrogens (primary N) is 1. The molecule has 0 unspecified atom stereocenters. The molecule has 1 atom stereocenters. The van der Waals surface area contributed by atoms with Crippen LogP contribution in [0, 0.1) is 0 Å². The molecule has 78 valence electrons. The van der Waals surface area contributed by atoms with Crippen molar-refractivity contribution < 1.29 is 0 Å². The summed E-state index contributed by atoms with van der Waals surface area (Å²) in [6, 6.07) is 9.60. The van der Waals surface area contributed by atoms with Crippen molar-refractivity contribution in [3.05, 3.63) is 47.5 Å². The van der Waals surface area contributed by atoms with Gasteiger partial charge in [-0.15, -0.1) is 0 Å². The molecule has 2 aromatic rings. The first kappa shape index (κ1) is 9.86.